The van der Waals surface area contributed by atoms with E-state index in [0.717, 1.165) is 12.1 Å². The minimum atomic E-state index is -3.55. The molecule has 1 aliphatic rings. The quantitative estimate of drug-likeness (QED) is 0.782. The lowest BCUT2D eigenvalue weighted by molar-refractivity contribution is 0.0951. The summed E-state index contributed by atoms with van der Waals surface area (Å²) in [5.74, 6) is 0.393. The number of hydrazine groups is 1. The summed E-state index contributed by atoms with van der Waals surface area (Å²) in [4.78, 5) is 12.7. The lowest BCUT2D eigenvalue weighted by Crippen LogP contribution is -2.42. The van der Waals surface area contributed by atoms with E-state index in [-0.39, 0.29) is 10.8 Å². The maximum absolute atomic E-state index is 12.9. The number of sulfonamides is 1. The summed E-state index contributed by atoms with van der Waals surface area (Å²) in [6.45, 7) is 5.23. The first-order chi connectivity index (χ1) is 13.3. The van der Waals surface area contributed by atoms with Crippen molar-refractivity contribution in [3.8, 4) is 0 Å². The first kappa shape index (κ1) is 20.4. The number of piperidine rings is 1. The third-order valence-corrected chi connectivity index (χ3v) is 6.85. The number of hydrogen-bond donors (Lipinski definition) is 1. The van der Waals surface area contributed by atoms with E-state index in [2.05, 4.69) is 19.3 Å². The Morgan fingerprint density at radius 2 is 1.57 bits per heavy atom. The molecule has 1 N–H and O–H groups in total. The van der Waals surface area contributed by atoms with E-state index in [1.165, 1.54) is 12.1 Å². The van der Waals surface area contributed by atoms with Crippen LogP contribution in [0.2, 0.25) is 0 Å². The van der Waals surface area contributed by atoms with Gasteiger partial charge in [-0.3, -0.25) is 15.2 Å². The topological polar surface area (TPSA) is 69.7 Å². The van der Waals surface area contributed by atoms with E-state index in [4.69, 9.17) is 0 Å². The van der Waals surface area contributed by atoms with Gasteiger partial charge in [0, 0.05) is 25.7 Å². The summed E-state index contributed by atoms with van der Waals surface area (Å²) in [6.07, 6.45) is 1.04. The maximum atomic E-state index is 12.9. The maximum Gasteiger partial charge on any atom is 0.269 e. The summed E-state index contributed by atoms with van der Waals surface area (Å²) in [6, 6.07) is 15.6. The van der Waals surface area contributed by atoms with Crippen molar-refractivity contribution in [1.82, 2.24) is 9.73 Å². The van der Waals surface area contributed by atoms with Crippen LogP contribution in [0.3, 0.4) is 0 Å². The molecule has 7 heteroatoms. The molecule has 1 heterocycles. The fraction of sp³-hybridized carbons (Fsp3) is 0.381. The van der Waals surface area contributed by atoms with Crippen molar-refractivity contribution >= 4 is 21.6 Å². The van der Waals surface area contributed by atoms with Crippen molar-refractivity contribution in [3.05, 3.63) is 60.2 Å². The molecule has 0 aromatic heterocycles. The molecule has 0 spiro atoms. The smallest absolute Gasteiger partial charge is 0.269 e. The number of para-hydroxylation sites is 1. The van der Waals surface area contributed by atoms with E-state index in [1.807, 2.05) is 30.3 Å². The predicted octanol–water partition coefficient (Wildman–Crippen LogP) is 3.13. The second-order valence-corrected chi connectivity index (χ2v) is 9.57. The van der Waals surface area contributed by atoms with Crippen LogP contribution in [0.1, 0.15) is 30.6 Å². The van der Waals surface area contributed by atoms with Crippen LogP contribution >= 0.6 is 0 Å². The SMILES string of the molecule is C[C@H]1C[C@H](C)CN(S(=O)(=O)c2ccc(C(=O)NN(C)c3ccccc3)cc2)C1. The molecule has 0 bridgehead atoms. The molecule has 28 heavy (non-hydrogen) atoms. The molecule has 1 aliphatic heterocycles. The summed E-state index contributed by atoms with van der Waals surface area (Å²) in [5.41, 5.74) is 4.04. The van der Waals surface area contributed by atoms with Gasteiger partial charge in [0.15, 0.2) is 0 Å². The Hall–Kier alpha value is -2.38. The second kappa shape index (κ2) is 8.32. The van der Waals surface area contributed by atoms with Crippen LogP contribution in [0.4, 0.5) is 5.69 Å². The molecule has 2 aromatic carbocycles. The molecule has 2 atom stereocenters. The fourth-order valence-electron chi connectivity index (χ4n) is 3.66. The molecule has 2 aromatic rings. The first-order valence-electron chi connectivity index (χ1n) is 9.47. The minimum Gasteiger partial charge on any atom is -0.288 e. The third-order valence-electron chi connectivity index (χ3n) is 5.00. The predicted molar refractivity (Wildman–Crippen MR) is 110 cm³/mol. The Labute approximate surface area is 167 Å². The zero-order valence-corrected chi connectivity index (χ0v) is 17.3. The van der Waals surface area contributed by atoms with Crippen LogP contribution < -0.4 is 10.4 Å². The number of carbonyl (C=O) groups is 1. The largest absolute Gasteiger partial charge is 0.288 e. The van der Waals surface area contributed by atoms with E-state index in [9.17, 15) is 13.2 Å². The van der Waals surface area contributed by atoms with E-state index in [1.54, 1.807) is 28.5 Å². The van der Waals surface area contributed by atoms with E-state index < -0.39 is 10.0 Å². The number of carbonyl (C=O) groups excluding carboxylic acids is 1. The number of nitrogens with zero attached hydrogens (tertiary/aromatic N) is 2. The van der Waals surface area contributed by atoms with Gasteiger partial charge >= 0.3 is 0 Å². The van der Waals surface area contributed by atoms with Gasteiger partial charge in [0.25, 0.3) is 5.91 Å². The van der Waals surface area contributed by atoms with Gasteiger partial charge in [-0.05, 0) is 54.7 Å². The van der Waals surface area contributed by atoms with Crippen LogP contribution in [0.5, 0.6) is 0 Å². The number of rotatable bonds is 5. The summed E-state index contributed by atoms with van der Waals surface area (Å²) in [5, 5.41) is 1.63. The number of anilines is 1. The highest BCUT2D eigenvalue weighted by Crippen LogP contribution is 2.26. The van der Waals surface area contributed by atoms with Crippen LogP contribution in [0.15, 0.2) is 59.5 Å². The standard InChI is InChI=1S/C21H27N3O3S/c1-16-13-17(2)15-24(14-16)28(26,27)20-11-9-18(10-12-20)21(25)22-23(3)19-7-5-4-6-8-19/h4-12,16-17H,13-15H2,1-3H3,(H,22,25)/t16-,17-/m0/s1. The monoisotopic (exact) mass is 401 g/mol. The molecule has 3 rings (SSSR count). The highest BCUT2D eigenvalue weighted by Gasteiger charge is 2.31. The molecule has 0 unspecified atom stereocenters. The summed E-state index contributed by atoms with van der Waals surface area (Å²) in [7, 11) is -1.79. The molecule has 150 valence electrons. The van der Waals surface area contributed by atoms with Crippen LogP contribution in [-0.4, -0.2) is 38.8 Å². The van der Waals surface area contributed by atoms with Gasteiger partial charge in [-0.25, -0.2) is 8.42 Å². The van der Waals surface area contributed by atoms with E-state index in [0.29, 0.717) is 30.5 Å². The lowest BCUT2D eigenvalue weighted by Gasteiger charge is -2.34. The van der Waals surface area contributed by atoms with Gasteiger partial charge < -0.3 is 0 Å². The molecular formula is C21H27N3O3S. The number of benzene rings is 2. The summed E-state index contributed by atoms with van der Waals surface area (Å²) >= 11 is 0. The van der Waals surface area contributed by atoms with Crippen molar-refractivity contribution < 1.29 is 13.2 Å². The Morgan fingerprint density at radius 3 is 2.14 bits per heavy atom. The van der Waals surface area contributed by atoms with Crippen molar-refractivity contribution in [2.75, 3.05) is 25.1 Å². The Morgan fingerprint density at radius 1 is 1.00 bits per heavy atom. The van der Waals surface area contributed by atoms with Gasteiger partial charge in [-0.1, -0.05) is 32.0 Å². The normalized spacial score (nSPS) is 20.5. The molecule has 0 aliphatic carbocycles. The first-order valence-corrected chi connectivity index (χ1v) is 10.9. The third kappa shape index (κ3) is 4.54. The lowest BCUT2D eigenvalue weighted by atomic mass is 9.94. The number of hydrogen-bond acceptors (Lipinski definition) is 4. The van der Waals surface area contributed by atoms with Gasteiger partial charge in [0.05, 0.1) is 10.6 Å². The zero-order valence-electron chi connectivity index (χ0n) is 16.5. The highest BCUT2D eigenvalue weighted by atomic mass is 32.2. The molecule has 0 saturated carbocycles. The van der Waals surface area contributed by atoms with Crippen molar-refractivity contribution in [2.45, 2.75) is 25.2 Å². The fourth-order valence-corrected chi connectivity index (χ4v) is 5.34. The number of nitrogens with one attached hydrogen (secondary N) is 1. The second-order valence-electron chi connectivity index (χ2n) is 7.63. The average molecular weight is 402 g/mol. The van der Waals surface area contributed by atoms with Crippen molar-refractivity contribution in [2.24, 2.45) is 11.8 Å². The van der Waals surface area contributed by atoms with Gasteiger partial charge in [0.1, 0.15) is 0 Å². The van der Waals surface area contributed by atoms with Crippen molar-refractivity contribution in [3.63, 3.8) is 0 Å². The van der Waals surface area contributed by atoms with Crippen LogP contribution in [0.25, 0.3) is 0 Å². The van der Waals surface area contributed by atoms with Gasteiger partial charge in [-0.2, -0.15) is 4.31 Å². The minimum absolute atomic E-state index is 0.224. The zero-order chi connectivity index (χ0) is 20.3. The Kier molecular flexibility index (Phi) is 6.05. The molecule has 0 radical (unpaired) electrons. The Bertz CT molecular complexity index is 904. The summed E-state index contributed by atoms with van der Waals surface area (Å²) < 4.78 is 27.4. The highest BCUT2D eigenvalue weighted by molar-refractivity contribution is 7.89. The molecule has 1 amide bonds. The van der Waals surface area contributed by atoms with Crippen LogP contribution in [0, 0.1) is 11.8 Å². The van der Waals surface area contributed by atoms with Gasteiger partial charge in [-0.15, -0.1) is 0 Å². The van der Waals surface area contributed by atoms with E-state index >= 15 is 0 Å². The van der Waals surface area contributed by atoms with Crippen molar-refractivity contribution in [1.29, 1.82) is 0 Å². The molecule has 1 saturated heterocycles. The molecule has 6 nitrogen and oxygen atoms in total. The molecule has 1 fully saturated rings. The van der Waals surface area contributed by atoms with Gasteiger partial charge in [0.2, 0.25) is 10.0 Å². The Balaban J connectivity index is 1.71. The van der Waals surface area contributed by atoms with Crippen LogP contribution in [-0.2, 0) is 10.0 Å². The average Bonchev–Trinajstić information content (AvgIpc) is 2.68. The number of amides is 1. The molecular weight excluding hydrogens is 374 g/mol.